The van der Waals surface area contributed by atoms with Crippen LogP contribution in [0.1, 0.15) is 49.5 Å². The molecular formula is C23H30O6. The first-order chi connectivity index (χ1) is 14.1. The first-order valence-corrected chi connectivity index (χ1v) is 9.91. The summed E-state index contributed by atoms with van der Waals surface area (Å²) in [5.74, 6) is 3.34. The summed E-state index contributed by atoms with van der Waals surface area (Å²) in [4.78, 5) is 0. The third-order valence-electron chi connectivity index (χ3n) is 5.10. The third kappa shape index (κ3) is 4.53. The first-order valence-electron chi connectivity index (χ1n) is 9.91. The van der Waals surface area contributed by atoms with Gasteiger partial charge in [-0.3, -0.25) is 0 Å². The van der Waals surface area contributed by atoms with Crippen molar-refractivity contribution in [3.05, 3.63) is 41.5 Å². The van der Waals surface area contributed by atoms with Crippen molar-refractivity contribution in [3.8, 4) is 28.7 Å². The van der Waals surface area contributed by atoms with Crippen molar-refractivity contribution in [2.45, 2.75) is 38.4 Å². The topological polar surface area (TPSA) is 55.4 Å². The van der Waals surface area contributed by atoms with Crippen LogP contribution in [0.25, 0.3) is 0 Å². The van der Waals surface area contributed by atoms with Crippen LogP contribution in [0.2, 0.25) is 0 Å². The van der Waals surface area contributed by atoms with Crippen LogP contribution in [0.4, 0.5) is 0 Å². The second-order valence-electron chi connectivity index (χ2n) is 6.91. The Morgan fingerprint density at radius 1 is 0.759 bits per heavy atom. The lowest BCUT2D eigenvalue weighted by molar-refractivity contribution is 0.0436. The molecule has 3 rings (SSSR count). The molecule has 6 nitrogen and oxygen atoms in total. The molecule has 1 saturated heterocycles. The molecule has 0 aromatic heterocycles. The summed E-state index contributed by atoms with van der Waals surface area (Å²) in [6, 6.07) is 9.93. The SMILES string of the molecule is CCCOc1ccc(C2CCC(c3cc(OC)c(OC)c(OC)c3)O2)cc1OC. The molecule has 6 heteroatoms. The van der Waals surface area contributed by atoms with Crippen LogP contribution in [-0.4, -0.2) is 35.0 Å². The van der Waals surface area contributed by atoms with E-state index in [2.05, 4.69) is 13.0 Å². The average Bonchev–Trinajstić information content (AvgIpc) is 3.26. The van der Waals surface area contributed by atoms with E-state index in [0.29, 0.717) is 23.9 Å². The van der Waals surface area contributed by atoms with Crippen molar-refractivity contribution in [2.24, 2.45) is 0 Å². The van der Waals surface area contributed by atoms with Gasteiger partial charge in [-0.25, -0.2) is 0 Å². The number of ether oxygens (including phenoxy) is 6. The van der Waals surface area contributed by atoms with Gasteiger partial charge in [0.15, 0.2) is 23.0 Å². The van der Waals surface area contributed by atoms with Crippen molar-refractivity contribution in [1.29, 1.82) is 0 Å². The highest BCUT2D eigenvalue weighted by molar-refractivity contribution is 5.54. The maximum absolute atomic E-state index is 6.38. The summed E-state index contributed by atoms with van der Waals surface area (Å²) in [5, 5.41) is 0. The summed E-state index contributed by atoms with van der Waals surface area (Å²) in [5.41, 5.74) is 2.09. The number of methoxy groups -OCH3 is 4. The largest absolute Gasteiger partial charge is 0.493 e. The molecule has 2 atom stereocenters. The highest BCUT2D eigenvalue weighted by Crippen LogP contribution is 2.46. The van der Waals surface area contributed by atoms with Crippen molar-refractivity contribution in [2.75, 3.05) is 35.0 Å². The minimum atomic E-state index is -0.0456. The molecule has 0 saturated carbocycles. The summed E-state index contributed by atoms with van der Waals surface area (Å²) in [6.07, 6.45) is 2.72. The molecule has 0 amide bonds. The smallest absolute Gasteiger partial charge is 0.203 e. The Bertz CT molecular complexity index is 794. The molecule has 0 bridgehead atoms. The third-order valence-corrected chi connectivity index (χ3v) is 5.10. The monoisotopic (exact) mass is 402 g/mol. The van der Waals surface area contributed by atoms with Gasteiger partial charge in [0.2, 0.25) is 5.75 Å². The minimum Gasteiger partial charge on any atom is -0.493 e. The van der Waals surface area contributed by atoms with Crippen LogP contribution in [0.15, 0.2) is 30.3 Å². The molecule has 29 heavy (non-hydrogen) atoms. The second-order valence-corrected chi connectivity index (χ2v) is 6.91. The van der Waals surface area contributed by atoms with Gasteiger partial charge in [-0.1, -0.05) is 13.0 Å². The van der Waals surface area contributed by atoms with Gasteiger partial charge in [0.25, 0.3) is 0 Å². The molecule has 1 heterocycles. The van der Waals surface area contributed by atoms with E-state index in [0.717, 1.165) is 41.9 Å². The summed E-state index contributed by atoms with van der Waals surface area (Å²) in [7, 11) is 6.50. The van der Waals surface area contributed by atoms with E-state index in [1.54, 1.807) is 28.4 Å². The van der Waals surface area contributed by atoms with E-state index >= 15 is 0 Å². The van der Waals surface area contributed by atoms with Crippen LogP contribution in [0.5, 0.6) is 28.7 Å². The molecule has 158 valence electrons. The molecular weight excluding hydrogens is 372 g/mol. The molecule has 2 aromatic carbocycles. The van der Waals surface area contributed by atoms with Crippen molar-refractivity contribution in [3.63, 3.8) is 0 Å². The molecule has 2 unspecified atom stereocenters. The lowest BCUT2D eigenvalue weighted by atomic mass is 10.0. The van der Waals surface area contributed by atoms with E-state index in [1.165, 1.54) is 0 Å². The Labute approximate surface area is 172 Å². The lowest BCUT2D eigenvalue weighted by Gasteiger charge is -2.19. The minimum absolute atomic E-state index is 0.00628. The number of rotatable bonds is 9. The van der Waals surface area contributed by atoms with Gasteiger partial charge >= 0.3 is 0 Å². The average molecular weight is 402 g/mol. The highest BCUT2D eigenvalue weighted by atomic mass is 16.5. The van der Waals surface area contributed by atoms with Crippen LogP contribution < -0.4 is 23.7 Å². The first kappa shape index (κ1) is 21.1. The highest BCUT2D eigenvalue weighted by Gasteiger charge is 2.30. The van der Waals surface area contributed by atoms with Gasteiger partial charge < -0.3 is 28.4 Å². The van der Waals surface area contributed by atoms with Gasteiger partial charge in [0, 0.05) is 0 Å². The Kier molecular flexibility index (Phi) is 7.09. The zero-order chi connectivity index (χ0) is 20.8. The predicted molar refractivity (Wildman–Crippen MR) is 111 cm³/mol. The molecule has 2 aromatic rings. The predicted octanol–water partition coefficient (Wildman–Crippen LogP) is 5.10. The Hall–Kier alpha value is -2.60. The maximum atomic E-state index is 6.38. The Morgan fingerprint density at radius 2 is 1.34 bits per heavy atom. The zero-order valence-electron chi connectivity index (χ0n) is 17.8. The normalized spacial score (nSPS) is 18.4. The molecule has 1 fully saturated rings. The van der Waals surface area contributed by atoms with E-state index in [4.69, 9.17) is 28.4 Å². The standard InChI is InChI=1S/C23H30O6/c1-6-11-28-19-8-7-15(12-20(19)24-2)17-9-10-18(29-17)16-13-21(25-3)23(27-5)22(14-16)26-4/h7-8,12-14,17-18H,6,9-11H2,1-5H3. The zero-order valence-corrected chi connectivity index (χ0v) is 17.8. The quantitative estimate of drug-likeness (QED) is 0.581. The fraction of sp³-hybridized carbons (Fsp3) is 0.478. The van der Waals surface area contributed by atoms with Crippen LogP contribution in [0.3, 0.4) is 0 Å². The summed E-state index contributed by atoms with van der Waals surface area (Å²) in [6.45, 7) is 2.75. The van der Waals surface area contributed by atoms with Crippen molar-refractivity contribution < 1.29 is 28.4 Å². The second kappa shape index (κ2) is 9.74. The van der Waals surface area contributed by atoms with Gasteiger partial charge in [0.1, 0.15) is 0 Å². The van der Waals surface area contributed by atoms with Gasteiger partial charge in [-0.2, -0.15) is 0 Å². The fourth-order valence-corrected chi connectivity index (χ4v) is 3.63. The van der Waals surface area contributed by atoms with Crippen molar-refractivity contribution in [1.82, 2.24) is 0 Å². The maximum Gasteiger partial charge on any atom is 0.203 e. The van der Waals surface area contributed by atoms with Crippen molar-refractivity contribution >= 4 is 0 Å². The molecule has 0 radical (unpaired) electrons. The van der Waals surface area contributed by atoms with Crippen LogP contribution in [0, 0.1) is 0 Å². The van der Waals surface area contributed by atoms with E-state index < -0.39 is 0 Å². The fourth-order valence-electron chi connectivity index (χ4n) is 3.63. The van der Waals surface area contributed by atoms with Gasteiger partial charge in [-0.15, -0.1) is 0 Å². The van der Waals surface area contributed by atoms with Crippen LogP contribution in [-0.2, 0) is 4.74 Å². The molecule has 1 aliphatic rings. The molecule has 0 spiro atoms. The molecule has 1 aliphatic heterocycles. The van der Waals surface area contributed by atoms with E-state index in [-0.39, 0.29) is 12.2 Å². The van der Waals surface area contributed by atoms with Crippen LogP contribution >= 0.6 is 0 Å². The summed E-state index contributed by atoms with van der Waals surface area (Å²) < 4.78 is 34.0. The lowest BCUT2D eigenvalue weighted by Crippen LogP contribution is -2.03. The molecule has 0 aliphatic carbocycles. The van der Waals surface area contributed by atoms with E-state index in [1.807, 2.05) is 24.3 Å². The number of benzene rings is 2. The Morgan fingerprint density at radius 3 is 1.90 bits per heavy atom. The van der Waals surface area contributed by atoms with Gasteiger partial charge in [0.05, 0.1) is 47.3 Å². The number of hydrogen-bond acceptors (Lipinski definition) is 6. The summed E-state index contributed by atoms with van der Waals surface area (Å²) >= 11 is 0. The van der Waals surface area contributed by atoms with Gasteiger partial charge in [-0.05, 0) is 54.7 Å². The number of hydrogen-bond donors (Lipinski definition) is 0. The van der Waals surface area contributed by atoms with E-state index in [9.17, 15) is 0 Å². The Balaban J connectivity index is 1.80. The molecule has 0 N–H and O–H groups in total.